The first-order valence-corrected chi connectivity index (χ1v) is 9.87. The predicted octanol–water partition coefficient (Wildman–Crippen LogP) is 5.94. The standard InChI is InChI=1S/C19H24N3P/c1-3-19(4-2)23(20)21(17-11-7-5-8-12-17)15-16-22(23)18-13-9-6-10-14-18/h3,5-14,20H,4,15-16H2,1-2H3/b19-3-. The van der Waals surface area contributed by atoms with Crippen LogP contribution in [0.15, 0.2) is 72.1 Å². The highest BCUT2D eigenvalue weighted by atomic mass is 31.2. The molecule has 1 aliphatic heterocycles. The molecule has 4 heteroatoms. The van der Waals surface area contributed by atoms with Crippen molar-refractivity contribution in [2.75, 3.05) is 22.4 Å². The average Bonchev–Trinajstić information content (AvgIpc) is 2.95. The SMILES string of the molecule is C/C=C(/CC)P1(=N)N(c2ccccc2)CCN1c1ccccc1. The number of allylic oxidation sites excluding steroid dienone is 2. The van der Waals surface area contributed by atoms with Gasteiger partial charge in [0.05, 0.1) is 0 Å². The van der Waals surface area contributed by atoms with Crippen molar-refractivity contribution >= 4 is 18.7 Å². The summed E-state index contributed by atoms with van der Waals surface area (Å²) < 4.78 is 4.64. The number of para-hydroxylation sites is 2. The summed E-state index contributed by atoms with van der Waals surface area (Å²) in [6, 6.07) is 20.8. The lowest BCUT2D eigenvalue weighted by Gasteiger charge is -2.38. The van der Waals surface area contributed by atoms with Crippen molar-refractivity contribution in [2.45, 2.75) is 20.3 Å². The first-order chi connectivity index (χ1) is 11.2. The van der Waals surface area contributed by atoms with Crippen LogP contribution in [-0.2, 0) is 0 Å². The number of rotatable bonds is 4. The quantitative estimate of drug-likeness (QED) is 0.705. The van der Waals surface area contributed by atoms with Crippen LogP contribution >= 0.6 is 7.36 Å². The van der Waals surface area contributed by atoms with Gasteiger partial charge in [-0.05, 0) is 37.6 Å². The summed E-state index contributed by atoms with van der Waals surface area (Å²) in [5.41, 5.74) is 2.31. The molecule has 1 N–H and O–H groups in total. The van der Waals surface area contributed by atoms with Crippen molar-refractivity contribution in [1.29, 1.82) is 5.16 Å². The highest BCUT2D eigenvalue weighted by molar-refractivity contribution is 7.72. The number of hydrogen-bond acceptors (Lipinski definition) is 1. The third kappa shape index (κ3) is 2.70. The second-order valence-corrected chi connectivity index (χ2v) is 8.39. The summed E-state index contributed by atoms with van der Waals surface area (Å²) in [5.74, 6) is 0. The Bertz CT molecular complexity index is 673. The lowest BCUT2D eigenvalue weighted by molar-refractivity contribution is 1.02. The van der Waals surface area contributed by atoms with E-state index in [2.05, 4.69) is 77.8 Å². The first-order valence-electron chi connectivity index (χ1n) is 8.17. The zero-order chi connectivity index (χ0) is 16.3. The van der Waals surface area contributed by atoms with Gasteiger partial charge in [0.15, 0.2) is 7.36 Å². The number of nitrogens with zero attached hydrogens (tertiary/aromatic N) is 2. The molecule has 0 unspecified atom stereocenters. The first kappa shape index (κ1) is 15.9. The minimum absolute atomic E-state index is 0.896. The van der Waals surface area contributed by atoms with Crippen LogP contribution < -0.4 is 9.34 Å². The lowest BCUT2D eigenvalue weighted by Crippen LogP contribution is -2.19. The van der Waals surface area contributed by atoms with Gasteiger partial charge in [0.1, 0.15) is 0 Å². The Morgan fingerprint density at radius 2 is 1.39 bits per heavy atom. The molecule has 0 bridgehead atoms. The van der Waals surface area contributed by atoms with Gasteiger partial charge in [-0.2, -0.15) is 0 Å². The van der Waals surface area contributed by atoms with Crippen molar-refractivity contribution in [3.8, 4) is 0 Å². The Kier molecular flexibility index (Phi) is 4.58. The molecule has 0 radical (unpaired) electrons. The average molecular weight is 325 g/mol. The van der Waals surface area contributed by atoms with Crippen LogP contribution in [0, 0.1) is 5.16 Å². The van der Waals surface area contributed by atoms with Crippen molar-refractivity contribution in [3.05, 3.63) is 72.1 Å². The van der Waals surface area contributed by atoms with Gasteiger partial charge in [-0.25, -0.2) is 0 Å². The Balaban J connectivity index is 2.11. The van der Waals surface area contributed by atoms with Crippen LogP contribution in [0.2, 0.25) is 0 Å². The number of benzene rings is 2. The van der Waals surface area contributed by atoms with Crippen LogP contribution in [0.5, 0.6) is 0 Å². The molecule has 0 aliphatic carbocycles. The molecule has 120 valence electrons. The molecule has 0 aromatic heterocycles. The van der Waals surface area contributed by atoms with Gasteiger partial charge >= 0.3 is 0 Å². The highest BCUT2D eigenvalue weighted by Gasteiger charge is 2.41. The zero-order valence-corrected chi connectivity index (χ0v) is 14.7. The van der Waals surface area contributed by atoms with Crippen LogP contribution in [-0.4, -0.2) is 13.1 Å². The maximum atomic E-state index is 9.52. The number of hydrogen-bond donors (Lipinski definition) is 1. The largest absolute Gasteiger partial charge is 0.318 e. The summed E-state index contributed by atoms with van der Waals surface area (Å²) >= 11 is 0. The number of anilines is 2. The zero-order valence-electron chi connectivity index (χ0n) is 13.8. The minimum atomic E-state index is -2.32. The van der Waals surface area contributed by atoms with Crippen LogP contribution in [0.3, 0.4) is 0 Å². The molecule has 1 aliphatic rings. The van der Waals surface area contributed by atoms with E-state index in [9.17, 15) is 5.16 Å². The van der Waals surface area contributed by atoms with Gasteiger partial charge < -0.3 is 9.34 Å². The number of nitrogens with one attached hydrogen (secondary N) is 1. The summed E-state index contributed by atoms with van der Waals surface area (Å²) in [4.78, 5) is 0. The molecule has 0 amide bonds. The molecule has 0 saturated carbocycles. The third-order valence-electron chi connectivity index (χ3n) is 4.43. The summed E-state index contributed by atoms with van der Waals surface area (Å²) in [7, 11) is -2.32. The maximum Gasteiger partial charge on any atom is 0.168 e. The molecular formula is C19H24N3P. The molecule has 0 spiro atoms. The topological polar surface area (TPSA) is 30.3 Å². The van der Waals surface area contributed by atoms with E-state index in [-0.39, 0.29) is 0 Å². The molecule has 1 saturated heterocycles. The molecule has 2 aromatic carbocycles. The van der Waals surface area contributed by atoms with E-state index >= 15 is 0 Å². The van der Waals surface area contributed by atoms with Crippen LogP contribution in [0.1, 0.15) is 20.3 Å². The predicted molar refractivity (Wildman–Crippen MR) is 101 cm³/mol. The van der Waals surface area contributed by atoms with E-state index in [4.69, 9.17) is 0 Å². The Morgan fingerprint density at radius 3 is 1.74 bits per heavy atom. The maximum absolute atomic E-state index is 9.52. The van der Waals surface area contributed by atoms with E-state index in [0.717, 1.165) is 30.9 Å². The Morgan fingerprint density at radius 1 is 0.957 bits per heavy atom. The molecule has 3 rings (SSSR count). The normalized spacial score (nSPS) is 17.6. The Hall–Kier alpha value is -1.99. The smallest absolute Gasteiger partial charge is 0.168 e. The van der Waals surface area contributed by atoms with Crippen LogP contribution in [0.25, 0.3) is 0 Å². The third-order valence-corrected chi connectivity index (χ3v) is 8.06. The van der Waals surface area contributed by atoms with Gasteiger partial charge in [0.25, 0.3) is 0 Å². The van der Waals surface area contributed by atoms with Gasteiger partial charge in [-0.15, -0.1) is 0 Å². The Labute approximate surface area is 139 Å². The van der Waals surface area contributed by atoms with Crippen molar-refractivity contribution in [2.24, 2.45) is 0 Å². The molecule has 23 heavy (non-hydrogen) atoms. The van der Waals surface area contributed by atoms with Crippen molar-refractivity contribution in [3.63, 3.8) is 0 Å². The van der Waals surface area contributed by atoms with Gasteiger partial charge in [-0.1, -0.05) is 49.4 Å². The monoisotopic (exact) mass is 325 g/mol. The minimum Gasteiger partial charge on any atom is -0.318 e. The second-order valence-electron chi connectivity index (χ2n) is 5.65. The second kappa shape index (κ2) is 6.64. The summed E-state index contributed by atoms with van der Waals surface area (Å²) in [6.45, 7) is 6.02. The van der Waals surface area contributed by atoms with Gasteiger partial charge in [0.2, 0.25) is 0 Å². The fourth-order valence-corrected chi connectivity index (χ4v) is 6.69. The van der Waals surface area contributed by atoms with Crippen LogP contribution in [0.4, 0.5) is 11.4 Å². The van der Waals surface area contributed by atoms with Gasteiger partial charge in [-0.3, -0.25) is 5.16 Å². The molecule has 1 heterocycles. The summed E-state index contributed by atoms with van der Waals surface area (Å²) in [6.07, 6.45) is 3.07. The van der Waals surface area contributed by atoms with E-state index in [0.29, 0.717) is 0 Å². The highest BCUT2D eigenvalue weighted by Crippen LogP contribution is 2.66. The fourth-order valence-electron chi connectivity index (χ4n) is 3.32. The van der Waals surface area contributed by atoms with E-state index in [1.807, 2.05) is 12.1 Å². The molecule has 1 fully saturated rings. The van der Waals surface area contributed by atoms with Crippen molar-refractivity contribution in [1.82, 2.24) is 0 Å². The fraction of sp³-hybridized carbons (Fsp3) is 0.263. The summed E-state index contributed by atoms with van der Waals surface area (Å²) in [5, 5.41) is 10.8. The molecule has 2 aromatic rings. The van der Waals surface area contributed by atoms with E-state index in [1.54, 1.807) is 0 Å². The van der Waals surface area contributed by atoms with Gasteiger partial charge in [0, 0.05) is 29.8 Å². The van der Waals surface area contributed by atoms with E-state index < -0.39 is 7.36 Å². The molecule has 3 nitrogen and oxygen atoms in total. The van der Waals surface area contributed by atoms with Crippen molar-refractivity contribution < 1.29 is 0 Å². The lowest BCUT2D eigenvalue weighted by atomic mass is 10.3. The molecule has 0 atom stereocenters. The molecular weight excluding hydrogens is 301 g/mol. The van der Waals surface area contributed by atoms with E-state index in [1.165, 1.54) is 5.31 Å².